The molecule has 0 aliphatic carbocycles. The minimum absolute atomic E-state index is 0.438. The first-order valence-electron chi connectivity index (χ1n) is 3.58. The van der Waals surface area contributed by atoms with E-state index in [1.807, 2.05) is 0 Å². The summed E-state index contributed by atoms with van der Waals surface area (Å²) in [4.78, 5) is 3.99. The number of halogens is 3. The van der Waals surface area contributed by atoms with E-state index >= 15 is 0 Å². The maximum Gasteiger partial charge on any atom is 0.161 e. The Morgan fingerprint density at radius 1 is 1.08 bits per heavy atom. The highest BCUT2D eigenvalue weighted by molar-refractivity contribution is 9.10. The highest BCUT2D eigenvalue weighted by atomic mass is 79.9. The number of benzene rings is 1. The summed E-state index contributed by atoms with van der Waals surface area (Å²) in [7, 11) is 0. The molecule has 0 N–H and O–H groups in total. The zero-order chi connectivity index (χ0) is 9.42. The van der Waals surface area contributed by atoms with Crippen molar-refractivity contribution in [3.8, 4) is 0 Å². The minimum Gasteiger partial charge on any atom is -0.241 e. The quantitative estimate of drug-likeness (QED) is 0.648. The summed E-state index contributed by atoms with van der Waals surface area (Å²) >= 11 is 3.15. The van der Waals surface area contributed by atoms with Crippen molar-refractivity contribution in [3.05, 3.63) is 40.5 Å². The van der Waals surface area contributed by atoms with Gasteiger partial charge in [0, 0.05) is 11.5 Å². The minimum atomic E-state index is -0.877. The summed E-state index contributed by atoms with van der Waals surface area (Å²) in [6, 6.07) is 5.56. The number of hydrogen-bond acceptors (Lipinski definition) is 1. The summed E-state index contributed by atoms with van der Waals surface area (Å²) in [6.45, 7) is 0. The Balaban J connectivity index is 2.81. The summed E-state index contributed by atoms with van der Waals surface area (Å²) in [5.74, 6) is -1.73. The summed E-state index contributed by atoms with van der Waals surface area (Å²) in [5.41, 5.74) is 0.438. The highest BCUT2D eigenvalue weighted by Gasteiger charge is 2.04. The van der Waals surface area contributed by atoms with Gasteiger partial charge in [0.05, 0.1) is 5.52 Å². The largest absolute Gasteiger partial charge is 0.241 e. The molecule has 1 aromatic heterocycles. The van der Waals surface area contributed by atoms with Crippen molar-refractivity contribution in [2.45, 2.75) is 0 Å². The van der Waals surface area contributed by atoms with Crippen LogP contribution in [0.2, 0.25) is 0 Å². The van der Waals surface area contributed by atoms with Crippen LogP contribution in [0, 0.1) is 11.6 Å². The number of aromatic nitrogens is 1. The van der Waals surface area contributed by atoms with Gasteiger partial charge in [0.25, 0.3) is 0 Å². The number of fused-ring (bicyclic) bond motifs is 1. The van der Waals surface area contributed by atoms with Crippen molar-refractivity contribution in [2.75, 3.05) is 0 Å². The molecule has 1 aromatic carbocycles. The molecule has 0 fully saturated rings. The molecular formula is C9H4BrF2N. The second-order valence-electron chi connectivity index (χ2n) is 2.59. The Bertz CT molecular complexity index is 470. The SMILES string of the molecule is Fc1cc2ccc(Br)nc2cc1F. The molecule has 2 aromatic rings. The average molecular weight is 244 g/mol. The van der Waals surface area contributed by atoms with Gasteiger partial charge in [-0.3, -0.25) is 0 Å². The predicted molar refractivity (Wildman–Crippen MR) is 49.4 cm³/mol. The van der Waals surface area contributed by atoms with E-state index in [-0.39, 0.29) is 0 Å². The fourth-order valence-electron chi connectivity index (χ4n) is 1.09. The second-order valence-corrected chi connectivity index (χ2v) is 3.41. The van der Waals surface area contributed by atoms with Crippen LogP contribution in [0.5, 0.6) is 0 Å². The Labute approximate surface area is 81.5 Å². The van der Waals surface area contributed by atoms with Crippen molar-refractivity contribution in [1.29, 1.82) is 0 Å². The normalized spacial score (nSPS) is 10.7. The average Bonchev–Trinajstić information content (AvgIpc) is 2.08. The summed E-state index contributed by atoms with van der Waals surface area (Å²) in [6.07, 6.45) is 0. The van der Waals surface area contributed by atoms with Crippen molar-refractivity contribution in [2.24, 2.45) is 0 Å². The number of pyridine rings is 1. The van der Waals surface area contributed by atoms with Crippen LogP contribution in [0.4, 0.5) is 8.78 Å². The first kappa shape index (κ1) is 8.56. The molecule has 0 atom stereocenters. The van der Waals surface area contributed by atoms with Crippen LogP contribution in [0.25, 0.3) is 10.9 Å². The van der Waals surface area contributed by atoms with E-state index in [1.165, 1.54) is 0 Å². The van der Waals surface area contributed by atoms with E-state index in [9.17, 15) is 8.78 Å². The lowest BCUT2D eigenvalue weighted by Crippen LogP contribution is -1.86. The molecule has 0 saturated heterocycles. The second kappa shape index (κ2) is 3.03. The van der Waals surface area contributed by atoms with E-state index in [0.717, 1.165) is 12.1 Å². The van der Waals surface area contributed by atoms with Gasteiger partial charge in [-0.25, -0.2) is 13.8 Å². The van der Waals surface area contributed by atoms with E-state index in [0.29, 0.717) is 15.5 Å². The molecule has 0 amide bonds. The van der Waals surface area contributed by atoms with E-state index in [2.05, 4.69) is 20.9 Å². The predicted octanol–water partition coefficient (Wildman–Crippen LogP) is 3.28. The highest BCUT2D eigenvalue weighted by Crippen LogP contribution is 2.18. The van der Waals surface area contributed by atoms with Crippen molar-refractivity contribution in [3.63, 3.8) is 0 Å². The molecule has 0 spiro atoms. The molecule has 2 rings (SSSR count). The van der Waals surface area contributed by atoms with Crippen molar-refractivity contribution in [1.82, 2.24) is 4.98 Å². The fraction of sp³-hybridized carbons (Fsp3) is 0. The van der Waals surface area contributed by atoms with Gasteiger partial charge in [-0.1, -0.05) is 6.07 Å². The molecule has 0 aliphatic heterocycles. The Morgan fingerprint density at radius 3 is 2.54 bits per heavy atom. The summed E-state index contributed by atoms with van der Waals surface area (Å²) < 4.78 is 26.1. The van der Waals surface area contributed by atoms with Crippen LogP contribution in [-0.2, 0) is 0 Å². The molecule has 4 heteroatoms. The van der Waals surface area contributed by atoms with Gasteiger partial charge in [-0.2, -0.15) is 0 Å². The van der Waals surface area contributed by atoms with Gasteiger partial charge in [-0.15, -0.1) is 0 Å². The van der Waals surface area contributed by atoms with Gasteiger partial charge in [-0.05, 0) is 28.1 Å². The lowest BCUT2D eigenvalue weighted by molar-refractivity contribution is 0.510. The van der Waals surface area contributed by atoms with Crippen LogP contribution in [0.3, 0.4) is 0 Å². The maximum atomic E-state index is 12.8. The first-order chi connectivity index (χ1) is 6.16. The van der Waals surface area contributed by atoms with Crippen molar-refractivity contribution >= 4 is 26.8 Å². The fourth-order valence-corrected chi connectivity index (χ4v) is 1.42. The lowest BCUT2D eigenvalue weighted by atomic mass is 10.2. The van der Waals surface area contributed by atoms with E-state index in [4.69, 9.17) is 0 Å². The Hall–Kier alpha value is -1.03. The molecule has 0 bridgehead atoms. The van der Waals surface area contributed by atoms with Gasteiger partial charge < -0.3 is 0 Å². The van der Waals surface area contributed by atoms with Gasteiger partial charge in [0.2, 0.25) is 0 Å². The smallest absolute Gasteiger partial charge is 0.161 e. The van der Waals surface area contributed by atoms with E-state index < -0.39 is 11.6 Å². The third-order valence-corrected chi connectivity index (χ3v) is 2.14. The molecule has 1 heterocycles. The van der Waals surface area contributed by atoms with Crippen LogP contribution in [-0.4, -0.2) is 4.98 Å². The van der Waals surface area contributed by atoms with Gasteiger partial charge in [0.15, 0.2) is 11.6 Å². The number of nitrogens with zero attached hydrogens (tertiary/aromatic N) is 1. The van der Waals surface area contributed by atoms with Gasteiger partial charge >= 0.3 is 0 Å². The number of hydrogen-bond donors (Lipinski definition) is 0. The Morgan fingerprint density at radius 2 is 1.77 bits per heavy atom. The third-order valence-electron chi connectivity index (χ3n) is 1.70. The molecule has 13 heavy (non-hydrogen) atoms. The standard InChI is InChI=1S/C9H4BrF2N/c10-9-2-1-5-3-6(11)7(12)4-8(5)13-9/h1-4H. The lowest BCUT2D eigenvalue weighted by Gasteiger charge is -1.98. The molecule has 1 nitrogen and oxygen atoms in total. The zero-order valence-corrected chi connectivity index (χ0v) is 7.98. The number of rotatable bonds is 0. The molecular weight excluding hydrogens is 240 g/mol. The van der Waals surface area contributed by atoms with Crippen LogP contribution in [0.1, 0.15) is 0 Å². The summed E-state index contributed by atoms with van der Waals surface area (Å²) in [5, 5.41) is 0.585. The first-order valence-corrected chi connectivity index (χ1v) is 4.37. The Kier molecular flexibility index (Phi) is 2.00. The van der Waals surface area contributed by atoms with Gasteiger partial charge in [0.1, 0.15) is 4.60 Å². The van der Waals surface area contributed by atoms with Crippen LogP contribution >= 0.6 is 15.9 Å². The monoisotopic (exact) mass is 243 g/mol. The maximum absolute atomic E-state index is 12.8. The molecule has 0 radical (unpaired) electrons. The van der Waals surface area contributed by atoms with Crippen LogP contribution in [0.15, 0.2) is 28.9 Å². The molecule has 0 saturated carbocycles. The third kappa shape index (κ3) is 1.54. The zero-order valence-electron chi connectivity index (χ0n) is 6.39. The molecule has 0 aliphatic rings. The molecule has 0 unspecified atom stereocenters. The van der Waals surface area contributed by atoms with Crippen LogP contribution < -0.4 is 0 Å². The van der Waals surface area contributed by atoms with Crippen molar-refractivity contribution < 1.29 is 8.78 Å². The molecule has 66 valence electrons. The topological polar surface area (TPSA) is 12.9 Å². The van der Waals surface area contributed by atoms with E-state index in [1.54, 1.807) is 12.1 Å².